The van der Waals surface area contributed by atoms with Crippen molar-refractivity contribution in [3.63, 3.8) is 0 Å². The molecule has 3 aromatic carbocycles. The number of hydrogen-bond donors (Lipinski definition) is 0. The maximum atomic E-state index is 4.75. The van der Waals surface area contributed by atoms with Crippen LogP contribution in [0.15, 0.2) is 85.1 Å². The smallest absolute Gasteiger partial charge is 0.267 e. The highest BCUT2D eigenvalue weighted by Crippen LogP contribution is 2.32. The lowest BCUT2D eigenvalue weighted by Gasteiger charge is -2.16. The molecule has 1 aliphatic heterocycles. The molecule has 0 amide bonds. The van der Waals surface area contributed by atoms with Crippen molar-refractivity contribution in [3.8, 4) is 22.3 Å². The van der Waals surface area contributed by atoms with Gasteiger partial charge in [0.25, 0.3) is 6.71 Å². The van der Waals surface area contributed by atoms with Gasteiger partial charge < -0.3 is 0 Å². The molecule has 0 bridgehead atoms. The Morgan fingerprint density at radius 1 is 0.630 bits per heavy atom. The summed E-state index contributed by atoms with van der Waals surface area (Å²) < 4.78 is 0. The van der Waals surface area contributed by atoms with Crippen LogP contribution in [-0.4, -0.2) is 11.7 Å². The van der Waals surface area contributed by atoms with Crippen molar-refractivity contribution in [2.45, 2.75) is 13.8 Å². The third-order valence-electron chi connectivity index (χ3n) is 5.70. The summed E-state index contributed by atoms with van der Waals surface area (Å²) in [5.41, 5.74) is 11.8. The van der Waals surface area contributed by atoms with Gasteiger partial charge in [0.05, 0.1) is 0 Å². The Balaban J connectivity index is 1.87. The van der Waals surface area contributed by atoms with E-state index in [4.69, 9.17) is 4.98 Å². The Bertz CT molecular complexity index is 1150. The summed E-state index contributed by atoms with van der Waals surface area (Å²) in [6.45, 7) is 4.58. The molecule has 4 aromatic rings. The van der Waals surface area contributed by atoms with Crippen molar-refractivity contribution in [1.29, 1.82) is 0 Å². The summed E-state index contributed by atoms with van der Waals surface area (Å²) in [5.74, 6) is 0. The van der Waals surface area contributed by atoms with E-state index in [1.54, 1.807) is 0 Å². The van der Waals surface area contributed by atoms with Crippen LogP contribution in [0.25, 0.3) is 22.3 Å². The van der Waals surface area contributed by atoms with E-state index in [0.717, 1.165) is 5.59 Å². The van der Waals surface area contributed by atoms with Gasteiger partial charge in [-0.3, -0.25) is 4.98 Å². The molecule has 0 N–H and O–H groups in total. The number of nitrogens with zero attached hydrogens (tertiary/aromatic N) is 1. The first-order chi connectivity index (χ1) is 13.3. The zero-order valence-electron chi connectivity index (χ0n) is 15.6. The molecular weight excluding hydrogens is 325 g/mol. The fourth-order valence-electron chi connectivity index (χ4n) is 4.51. The Labute approximate surface area is 160 Å². The lowest BCUT2D eigenvalue weighted by atomic mass is 9.39. The molecule has 0 saturated heterocycles. The maximum absolute atomic E-state index is 4.75. The summed E-state index contributed by atoms with van der Waals surface area (Å²) in [7, 11) is 0. The minimum atomic E-state index is 0.173. The van der Waals surface area contributed by atoms with Gasteiger partial charge in [-0.1, -0.05) is 77.7 Å². The number of benzene rings is 3. The van der Waals surface area contributed by atoms with Gasteiger partial charge in [0.1, 0.15) is 0 Å². The van der Waals surface area contributed by atoms with Crippen LogP contribution in [0.2, 0.25) is 0 Å². The second-order valence-electron chi connectivity index (χ2n) is 7.31. The molecule has 1 nitrogen and oxygen atoms in total. The van der Waals surface area contributed by atoms with Gasteiger partial charge in [-0.15, -0.1) is 0 Å². The lowest BCUT2D eigenvalue weighted by molar-refractivity contribution is 1.38. The number of pyridine rings is 1. The molecule has 0 spiro atoms. The quantitative estimate of drug-likeness (QED) is 0.443. The van der Waals surface area contributed by atoms with Crippen molar-refractivity contribution >= 4 is 23.2 Å². The second kappa shape index (κ2) is 6.24. The van der Waals surface area contributed by atoms with E-state index >= 15 is 0 Å². The zero-order valence-corrected chi connectivity index (χ0v) is 15.6. The third kappa shape index (κ3) is 2.44. The van der Waals surface area contributed by atoms with Gasteiger partial charge in [-0.25, -0.2) is 0 Å². The van der Waals surface area contributed by atoms with Crippen molar-refractivity contribution in [2.75, 3.05) is 0 Å². The van der Waals surface area contributed by atoms with Crippen LogP contribution in [0.5, 0.6) is 0 Å². The van der Waals surface area contributed by atoms with Crippen LogP contribution in [0.3, 0.4) is 0 Å². The zero-order chi connectivity index (χ0) is 18.4. The van der Waals surface area contributed by atoms with Crippen LogP contribution in [0.1, 0.15) is 11.1 Å². The topological polar surface area (TPSA) is 12.9 Å². The Morgan fingerprint density at radius 3 is 2.15 bits per heavy atom. The van der Waals surface area contributed by atoms with E-state index in [0.29, 0.717) is 0 Å². The predicted molar refractivity (Wildman–Crippen MR) is 116 cm³/mol. The first-order valence-corrected chi connectivity index (χ1v) is 9.45. The first kappa shape index (κ1) is 16.1. The lowest BCUT2D eigenvalue weighted by Crippen LogP contribution is -2.50. The van der Waals surface area contributed by atoms with Crippen molar-refractivity contribution < 1.29 is 0 Å². The number of hydrogen-bond acceptors (Lipinski definition) is 1. The van der Waals surface area contributed by atoms with Gasteiger partial charge in [0.2, 0.25) is 0 Å². The molecule has 0 aliphatic carbocycles. The number of aryl methyl sites for hydroxylation is 2. The van der Waals surface area contributed by atoms with Crippen molar-refractivity contribution in [2.24, 2.45) is 0 Å². The average Bonchev–Trinajstić information content (AvgIpc) is 3.05. The van der Waals surface area contributed by atoms with E-state index in [1.807, 2.05) is 12.3 Å². The Kier molecular flexibility index (Phi) is 3.72. The molecule has 1 aromatic heterocycles. The highest BCUT2D eigenvalue weighted by atomic mass is 14.6. The van der Waals surface area contributed by atoms with E-state index in [2.05, 4.69) is 86.6 Å². The summed E-state index contributed by atoms with van der Waals surface area (Å²) in [6.07, 6.45) is 1.90. The van der Waals surface area contributed by atoms with E-state index < -0.39 is 0 Å². The summed E-state index contributed by atoms with van der Waals surface area (Å²) in [6, 6.07) is 28.3. The first-order valence-electron chi connectivity index (χ1n) is 9.45. The molecule has 2 heterocycles. The van der Waals surface area contributed by atoms with Gasteiger partial charge in [-0.05, 0) is 59.4 Å². The summed E-state index contributed by atoms with van der Waals surface area (Å²) in [5, 5.41) is 0. The van der Waals surface area contributed by atoms with E-state index in [-0.39, 0.29) is 6.71 Å². The van der Waals surface area contributed by atoms with E-state index in [1.165, 1.54) is 44.3 Å². The average molecular weight is 345 g/mol. The molecule has 0 unspecified atom stereocenters. The minimum absolute atomic E-state index is 0.173. The van der Waals surface area contributed by atoms with E-state index in [9.17, 15) is 0 Å². The predicted octanol–water partition coefficient (Wildman–Crippen LogP) is 3.86. The van der Waals surface area contributed by atoms with Crippen LogP contribution in [0, 0.1) is 13.8 Å². The molecule has 128 valence electrons. The number of aromatic nitrogens is 1. The molecule has 27 heavy (non-hydrogen) atoms. The molecule has 0 atom stereocenters. The molecule has 5 rings (SSSR count). The van der Waals surface area contributed by atoms with Gasteiger partial charge in [0.15, 0.2) is 0 Å². The minimum Gasteiger partial charge on any atom is -0.270 e. The largest absolute Gasteiger partial charge is 0.270 e. The fourth-order valence-corrected chi connectivity index (χ4v) is 4.51. The summed E-state index contributed by atoms with van der Waals surface area (Å²) in [4.78, 5) is 4.75. The highest BCUT2D eigenvalue weighted by molar-refractivity contribution is 6.99. The maximum Gasteiger partial charge on any atom is 0.267 e. The SMILES string of the molecule is Cc1ccccc1-c1cccc2c1B(c1ccccn1)c1cccc(C)c1-2. The van der Waals surface area contributed by atoms with Crippen LogP contribution < -0.4 is 16.5 Å². The Morgan fingerprint density at radius 2 is 1.33 bits per heavy atom. The number of rotatable bonds is 2. The van der Waals surface area contributed by atoms with Crippen LogP contribution in [0.4, 0.5) is 0 Å². The van der Waals surface area contributed by atoms with Crippen LogP contribution >= 0.6 is 0 Å². The molecule has 0 fully saturated rings. The van der Waals surface area contributed by atoms with Gasteiger partial charge in [0, 0.05) is 11.8 Å². The van der Waals surface area contributed by atoms with Crippen LogP contribution in [-0.2, 0) is 0 Å². The third-order valence-corrected chi connectivity index (χ3v) is 5.70. The van der Waals surface area contributed by atoms with Gasteiger partial charge in [-0.2, -0.15) is 0 Å². The normalized spacial score (nSPS) is 12.0. The fraction of sp³-hybridized carbons (Fsp3) is 0.0800. The highest BCUT2D eigenvalue weighted by Gasteiger charge is 2.37. The molecule has 0 radical (unpaired) electrons. The van der Waals surface area contributed by atoms with Gasteiger partial charge >= 0.3 is 0 Å². The second-order valence-corrected chi connectivity index (χ2v) is 7.31. The number of fused-ring (bicyclic) bond motifs is 3. The monoisotopic (exact) mass is 345 g/mol. The van der Waals surface area contributed by atoms with Crippen molar-refractivity contribution in [1.82, 2.24) is 4.98 Å². The molecule has 2 heteroatoms. The molecular formula is C25H20BN. The molecule has 0 saturated carbocycles. The van der Waals surface area contributed by atoms with Crippen molar-refractivity contribution in [3.05, 3.63) is 96.2 Å². The molecule has 1 aliphatic rings. The summed E-state index contributed by atoms with van der Waals surface area (Å²) >= 11 is 0. The standard InChI is InChI=1S/C25H20BN/c1-17-9-3-4-11-19(17)20-12-8-13-21-24-18(2)10-7-14-22(24)26(25(20)21)23-15-5-6-16-27-23/h3-16H,1-2H3. The Hall–Kier alpha value is -3.13.